The molecule has 0 radical (unpaired) electrons. The fourth-order valence-electron chi connectivity index (χ4n) is 3.35. The van der Waals surface area contributed by atoms with Crippen LogP contribution in [0.1, 0.15) is 35.8 Å². The molecule has 0 spiro atoms. The molecule has 0 aliphatic carbocycles. The smallest absolute Gasteiger partial charge is 0.255 e. The van der Waals surface area contributed by atoms with Gasteiger partial charge in [-0.2, -0.15) is 0 Å². The Balaban J connectivity index is 0.00000169. The second-order valence-corrected chi connectivity index (χ2v) is 6.71. The zero-order valence-electron chi connectivity index (χ0n) is 15.2. The summed E-state index contributed by atoms with van der Waals surface area (Å²) in [5.74, 6) is 0.463. The highest BCUT2D eigenvalue weighted by Crippen LogP contribution is 2.23. The number of hydrogen-bond donors (Lipinski definition) is 1. The number of carbonyl (C=O) groups is 1. The van der Waals surface area contributed by atoms with Gasteiger partial charge in [0.2, 0.25) is 0 Å². The Kier molecular flexibility index (Phi) is 8.54. The van der Waals surface area contributed by atoms with Gasteiger partial charge in [-0.1, -0.05) is 30.3 Å². The van der Waals surface area contributed by atoms with Crippen molar-refractivity contribution in [3.05, 3.63) is 53.7 Å². The lowest BCUT2D eigenvalue weighted by atomic mass is 9.91. The number of piperidine rings is 1. The number of aryl methyl sites for hydroxylation is 1. The number of aromatic nitrogens is 1. The number of rotatable bonds is 3. The van der Waals surface area contributed by atoms with Crippen molar-refractivity contribution < 1.29 is 4.79 Å². The number of pyridine rings is 1. The van der Waals surface area contributed by atoms with E-state index in [4.69, 9.17) is 5.73 Å². The summed E-state index contributed by atoms with van der Waals surface area (Å²) in [6, 6.07) is 14.0. The van der Waals surface area contributed by atoms with E-state index in [0.717, 1.165) is 42.9 Å². The highest BCUT2D eigenvalue weighted by molar-refractivity contribution is 5.95. The minimum Gasteiger partial charge on any atom is -0.338 e. The highest BCUT2D eigenvalue weighted by Gasteiger charge is 2.27. The van der Waals surface area contributed by atoms with Crippen LogP contribution in [-0.2, 0) is 0 Å². The van der Waals surface area contributed by atoms with Crippen LogP contribution in [0.3, 0.4) is 0 Å². The first-order chi connectivity index (χ1) is 11.6. The first kappa shape index (κ1) is 22.4. The van der Waals surface area contributed by atoms with Gasteiger partial charge in [0.25, 0.3) is 5.91 Å². The summed E-state index contributed by atoms with van der Waals surface area (Å²) in [4.78, 5) is 19.5. The summed E-state index contributed by atoms with van der Waals surface area (Å²) in [6.45, 7) is 5.49. The average Bonchev–Trinajstić information content (AvgIpc) is 2.62. The topological polar surface area (TPSA) is 59.2 Å². The van der Waals surface area contributed by atoms with E-state index < -0.39 is 0 Å². The fourth-order valence-corrected chi connectivity index (χ4v) is 3.35. The van der Waals surface area contributed by atoms with Crippen LogP contribution < -0.4 is 5.73 Å². The fraction of sp³-hybridized carbons (Fsp3) is 0.400. The van der Waals surface area contributed by atoms with Gasteiger partial charge in [0, 0.05) is 24.7 Å². The van der Waals surface area contributed by atoms with Gasteiger partial charge in [-0.3, -0.25) is 9.78 Å². The molecule has 2 heterocycles. The van der Waals surface area contributed by atoms with Gasteiger partial charge >= 0.3 is 0 Å². The van der Waals surface area contributed by atoms with Crippen molar-refractivity contribution in [1.82, 2.24) is 9.88 Å². The molecule has 0 saturated carbocycles. The SMILES string of the molecule is Cc1nc(-c2ccccc2)ccc1C(=O)N1CCCC(C(C)N)C1.Cl.Cl. The minimum absolute atomic E-state index is 0. The molecular weight excluding hydrogens is 369 g/mol. The Labute approximate surface area is 168 Å². The summed E-state index contributed by atoms with van der Waals surface area (Å²) in [5, 5.41) is 0. The largest absolute Gasteiger partial charge is 0.338 e. The van der Waals surface area contributed by atoms with Crippen LogP contribution >= 0.6 is 24.8 Å². The summed E-state index contributed by atoms with van der Waals surface area (Å²) in [6.07, 6.45) is 2.12. The highest BCUT2D eigenvalue weighted by atomic mass is 35.5. The Morgan fingerprint density at radius 1 is 1.19 bits per heavy atom. The van der Waals surface area contributed by atoms with E-state index in [2.05, 4.69) is 4.98 Å². The number of hydrogen-bond acceptors (Lipinski definition) is 3. The molecule has 1 amide bonds. The predicted octanol–water partition coefficient (Wildman–Crippen LogP) is 4.10. The van der Waals surface area contributed by atoms with E-state index in [-0.39, 0.29) is 36.8 Å². The molecule has 1 saturated heterocycles. The van der Waals surface area contributed by atoms with Crippen molar-refractivity contribution in [1.29, 1.82) is 0 Å². The number of amides is 1. The second kappa shape index (κ2) is 9.91. The van der Waals surface area contributed by atoms with Gasteiger partial charge in [-0.15, -0.1) is 24.8 Å². The molecule has 4 nitrogen and oxygen atoms in total. The number of likely N-dealkylation sites (tertiary alicyclic amines) is 1. The molecule has 1 aliphatic rings. The van der Waals surface area contributed by atoms with Crippen molar-refractivity contribution in [3.63, 3.8) is 0 Å². The van der Waals surface area contributed by atoms with E-state index >= 15 is 0 Å². The lowest BCUT2D eigenvalue weighted by Gasteiger charge is -2.34. The van der Waals surface area contributed by atoms with Gasteiger partial charge in [-0.05, 0) is 44.7 Å². The van der Waals surface area contributed by atoms with E-state index in [0.29, 0.717) is 11.5 Å². The van der Waals surface area contributed by atoms with Crippen molar-refractivity contribution >= 4 is 30.7 Å². The Bertz CT molecular complexity index is 722. The molecule has 142 valence electrons. The standard InChI is InChI=1S/C20H25N3O.2ClH/c1-14(21)17-9-6-12-23(13-17)20(24)18-10-11-19(22-15(18)2)16-7-4-3-5-8-16;;/h3-5,7-8,10-11,14,17H,6,9,12-13,21H2,1-2H3;2*1H. The monoisotopic (exact) mass is 395 g/mol. The van der Waals surface area contributed by atoms with Crippen molar-refractivity contribution in [3.8, 4) is 11.3 Å². The Hall–Kier alpha value is -1.62. The van der Waals surface area contributed by atoms with Crippen LogP contribution in [0.2, 0.25) is 0 Å². The van der Waals surface area contributed by atoms with Crippen LogP contribution in [0.4, 0.5) is 0 Å². The first-order valence-corrected chi connectivity index (χ1v) is 8.64. The average molecular weight is 396 g/mol. The van der Waals surface area contributed by atoms with E-state index in [9.17, 15) is 4.79 Å². The number of carbonyl (C=O) groups excluding carboxylic acids is 1. The minimum atomic E-state index is 0. The molecule has 2 aromatic rings. The summed E-state index contributed by atoms with van der Waals surface area (Å²) >= 11 is 0. The van der Waals surface area contributed by atoms with Gasteiger partial charge in [0.1, 0.15) is 0 Å². The van der Waals surface area contributed by atoms with Gasteiger partial charge < -0.3 is 10.6 Å². The van der Waals surface area contributed by atoms with Crippen LogP contribution in [0.5, 0.6) is 0 Å². The molecule has 2 N–H and O–H groups in total. The maximum Gasteiger partial charge on any atom is 0.255 e. The maximum absolute atomic E-state index is 12.9. The Morgan fingerprint density at radius 3 is 2.50 bits per heavy atom. The van der Waals surface area contributed by atoms with Crippen LogP contribution in [0.15, 0.2) is 42.5 Å². The van der Waals surface area contributed by atoms with Crippen molar-refractivity contribution in [2.45, 2.75) is 32.7 Å². The summed E-state index contributed by atoms with van der Waals surface area (Å²) in [7, 11) is 0. The summed E-state index contributed by atoms with van der Waals surface area (Å²) < 4.78 is 0. The van der Waals surface area contributed by atoms with Crippen LogP contribution in [0, 0.1) is 12.8 Å². The molecule has 3 rings (SSSR count). The third kappa shape index (κ3) is 4.97. The van der Waals surface area contributed by atoms with E-state index in [1.165, 1.54) is 0 Å². The molecule has 2 atom stereocenters. The lowest BCUT2D eigenvalue weighted by molar-refractivity contribution is 0.0659. The molecule has 26 heavy (non-hydrogen) atoms. The van der Waals surface area contributed by atoms with Gasteiger partial charge in [-0.25, -0.2) is 0 Å². The molecule has 1 aliphatic heterocycles. The number of benzene rings is 1. The predicted molar refractivity (Wildman–Crippen MR) is 111 cm³/mol. The third-order valence-corrected chi connectivity index (χ3v) is 4.87. The van der Waals surface area contributed by atoms with Crippen molar-refractivity contribution in [2.24, 2.45) is 11.7 Å². The van der Waals surface area contributed by atoms with Gasteiger partial charge in [0.15, 0.2) is 0 Å². The molecule has 2 unspecified atom stereocenters. The zero-order chi connectivity index (χ0) is 17.1. The van der Waals surface area contributed by atoms with Crippen LogP contribution in [-0.4, -0.2) is 34.9 Å². The maximum atomic E-state index is 12.9. The molecule has 0 bridgehead atoms. The molecule has 1 aromatic carbocycles. The summed E-state index contributed by atoms with van der Waals surface area (Å²) in [5.41, 5.74) is 9.47. The quantitative estimate of drug-likeness (QED) is 0.850. The van der Waals surface area contributed by atoms with Crippen molar-refractivity contribution in [2.75, 3.05) is 13.1 Å². The third-order valence-electron chi connectivity index (χ3n) is 4.87. The molecular formula is C20H27Cl2N3O. The molecule has 1 fully saturated rings. The zero-order valence-corrected chi connectivity index (χ0v) is 16.9. The van der Waals surface area contributed by atoms with E-state index in [1.807, 2.05) is 61.2 Å². The van der Waals surface area contributed by atoms with Crippen LogP contribution in [0.25, 0.3) is 11.3 Å². The lowest BCUT2D eigenvalue weighted by Crippen LogP contribution is -2.45. The van der Waals surface area contributed by atoms with E-state index in [1.54, 1.807) is 0 Å². The second-order valence-electron chi connectivity index (χ2n) is 6.71. The molecule has 1 aromatic heterocycles. The number of nitrogens with zero attached hydrogens (tertiary/aromatic N) is 2. The van der Waals surface area contributed by atoms with Gasteiger partial charge in [0.05, 0.1) is 17.0 Å². The number of halogens is 2. The molecule has 6 heteroatoms. The first-order valence-electron chi connectivity index (χ1n) is 8.64. The number of nitrogens with two attached hydrogens (primary N) is 1. The Morgan fingerprint density at radius 2 is 1.88 bits per heavy atom. The normalized spacial score (nSPS) is 17.7.